The highest BCUT2D eigenvalue weighted by molar-refractivity contribution is 6.03. The normalized spacial score (nSPS) is 17.6. The fourth-order valence-corrected chi connectivity index (χ4v) is 3.66. The summed E-state index contributed by atoms with van der Waals surface area (Å²) < 4.78 is 2.00. The number of anilines is 1. The molecule has 1 aromatic heterocycles. The number of aryl methyl sites for hydroxylation is 2. The number of piperazine rings is 1. The number of hydrogen-bond acceptors (Lipinski definition) is 2. The molecule has 138 valence electrons. The van der Waals surface area contributed by atoms with Gasteiger partial charge in [-0.25, -0.2) is 0 Å². The molecule has 0 radical (unpaired) electrons. The van der Waals surface area contributed by atoms with Crippen molar-refractivity contribution in [3.8, 4) is 0 Å². The smallest absolute Gasteiger partial charge is 0.254 e. The van der Waals surface area contributed by atoms with Crippen molar-refractivity contribution in [3.63, 3.8) is 0 Å². The van der Waals surface area contributed by atoms with Crippen molar-refractivity contribution >= 4 is 28.4 Å². The number of aromatic nitrogens is 1. The number of benzene rings is 2. The van der Waals surface area contributed by atoms with E-state index in [9.17, 15) is 9.59 Å². The van der Waals surface area contributed by atoms with E-state index in [0.717, 1.165) is 22.2 Å². The Hall–Kier alpha value is -3.08. The lowest BCUT2D eigenvalue weighted by Crippen LogP contribution is -2.57. The number of rotatable bonds is 2. The minimum Gasteiger partial charge on any atom is -0.351 e. The quantitative estimate of drug-likeness (QED) is 0.703. The molecule has 2 aromatic carbocycles. The van der Waals surface area contributed by atoms with Crippen LogP contribution in [0.3, 0.4) is 0 Å². The fraction of sp³-hybridized carbons (Fsp3) is 0.273. The zero-order valence-corrected chi connectivity index (χ0v) is 15.8. The first kappa shape index (κ1) is 17.3. The van der Waals surface area contributed by atoms with Gasteiger partial charge in [-0.3, -0.25) is 9.59 Å². The molecule has 1 aliphatic heterocycles. The van der Waals surface area contributed by atoms with Crippen LogP contribution in [-0.2, 0) is 11.8 Å². The maximum Gasteiger partial charge on any atom is 0.254 e. The van der Waals surface area contributed by atoms with Crippen LogP contribution in [0.5, 0.6) is 0 Å². The van der Waals surface area contributed by atoms with Gasteiger partial charge in [-0.15, -0.1) is 0 Å². The summed E-state index contributed by atoms with van der Waals surface area (Å²) >= 11 is 0. The monoisotopic (exact) mass is 361 g/mol. The van der Waals surface area contributed by atoms with Gasteiger partial charge >= 0.3 is 0 Å². The second-order valence-corrected chi connectivity index (χ2v) is 7.32. The van der Waals surface area contributed by atoms with Gasteiger partial charge in [0, 0.05) is 42.6 Å². The average molecular weight is 361 g/mol. The van der Waals surface area contributed by atoms with Gasteiger partial charge in [0.1, 0.15) is 6.54 Å². The highest BCUT2D eigenvalue weighted by Gasteiger charge is 2.33. The van der Waals surface area contributed by atoms with Crippen LogP contribution in [0.2, 0.25) is 0 Å². The second-order valence-electron chi connectivity index (χ2n) is 7.32. The molecular weight excluding hydrogens is 338 g/mol. The van der Waals surface area contributed by atoms with Gasteiger partial charge in [0.25, 0.3) is 5.91 Å². The summed E-state index contributed by atoms with van der Waals surface area (Å²) in [7, 11) is 1.96. The third kappa shape index (κ3) is 3.10. The lowest BCUT2D eigenvalue weighted by atomic mass is 10.1. The summed E-state index contributed by atoms with van der Waals surface area (Å²) in [5.41, 5.74) is 3.67. The number of amides is 2. The number of nitrogens with zero attached hydrogens (tertiary/aromatic N) is 3. The van der Waals surface area contributed by atoms with Gasteiger partial charge in [-0.05, 0) is 49.6 Å². The van der Waals surface area contributed by atoms with Gasteiger partial charge in [-0.1, -0.05) is 23.8 Å². The van der Waals surface area contributed by atoms with E-state index in [1.165, 1.54) is 0 Å². The van der Waals surface area contributed by atoms with E-state index in [1.807, 2.05) is 80.2 Å². The Kier molecular flexibility index (Phi) is 4.22. The number of hydrogen-bond donors (Lipinski definition) is 0. The summed E-state index contributed by atoms with van der Waals surface area (Å²) in [6.45, 7) is 4.61. The SMILES string of the molecule is Cc1ccc(N2CC(C)N(C(=O)c3ccc4ccn(C)c4c3)CC2=O)cc1. The van der Waals surface area contributed by atoms with Crippen LogP contribution >= 0.6 is 0 Å². The molecule has 2 heterocycles. The van der Waals surface area contributed by atoms with E-state index in [-0.39, 0.29) is 24.4 Å². The molecule has 5 nitrogen and oxygen atoms in total. The van der Waals surface area contributed by atoms with E-state index < -0.39 is 0 Å². The van der Waals surface area contributed by atoms with Crippen LogP contribution in [-0.4, -0.2) is 40.4 Å². The average Bonchev–Trinajstić information content (AvgIpc) is 3.04. The van der Waals surface area contributed by atoms with Crippen LogP contribution in [0, 0.1) is 6.92 Å². The van der Waals surface area contributed by atoms with Crippen LogP contribution in [0.25, 0.3) is 10.9 Å². The van der Waals surface area contributed by atoms with E-state index in [2.05, 4.69) is 0 Å². The zero-order chi connectivity index (χ0) is 19.1. The summed E-state index contributed by atoms with van der Waals surface area (Å²) in [5, 5.41) is 1.10. The minimum absolute atomic E-state index is 0.0507. The standard InChI is InChI=1S/C22H23N3O2/c1-15-4-8-19(9-5-15)25-13-16(2)24(14-21(25)26)22(27)18-7-6-17-10-11-23(3)20(17)12-18/h4-12,16H,13-14H2,1-3H3. The number of carbonyl (C=O) groups excluding carboxylic acids is 2. The zero-order valence-electron chi connectivity index (χ0n) is 15.8. The highest BCUT2D eigenvalue weighted by atomic mass is 16.2. The predicted molar refractivity (Wildman–Crippen MR) is 107 cm³/mol. The summed E-state index contributed by atoms with van der Waals surface area (Å²) in [6, 6.07) is 15.6. The Bertz CT molecular complexity index is 1020. The van der Waals surface area contributed by atoms with Crippen molar-refractivity contribution in [2.45, 2.75) is 19.9 Å². The molecule has 1 fully saturated rings. The molecule has 5 heteroatoms. The van der Waals surface area contributed by atoms with Crippen molar-refractivity contribution in [2.24, 2.45) is 7.05 Å². The molecule has 0 spiro atoms. The largest absolute Gasteiger partial charge is 0.351 e. The molecule has 3 aromatic rings. The van der Waals surface area contributed by atoms with E-state index in [4.69, 9.17) is 0 Å². The Morgan fingerprint density at radius 3 is 2.56 bits per heavy atom. The van der Waals surface area contributed by atoms with Crippen molar-refractivity contribution in [1.29, 1.82) is 0 Å². The van der Waals surface area contributed by atoms with E-state index in [0.29, 0.717) is 12.1 Å². The molecule has 1 atom stereocenters. The molecule has 4 rings (SSSR count). The summed E-state index contributed by atoms with van der Waals surface area (Å²) in [4.78, 5) is 29.2. The molecule has 0 N–H and O–H groups in total. The second kappa shape index (κ2) is 6.58. The van der Waals surface area contributed by atoms with Crippen LogP contribution in [0.15, 0.2) is 54.7 Å². The Morgan fingerprint density at radius 1 is 1.07 bits per heavy atom. The van der Waals surface area contributed by atoms with Crippen LogP contribution in [0.1, 0.15) is 22.8 Å². The van der Waals surface area contributed by atoms with Gasteiger partial charge < -0.3 is 14.4 Å². The molecule has 0 bridgehead atoms. The number of carbonyl (C=O) groups is 2. The molecule has 1 unspecified atom stereocenters. The fourth-order valence-electron chi connectivity index (χ4n) is 3.66. The topological polar surface area (TPSA) is 45.5 Å². The van der Waals surface area contributed by atoms with E-state index in [1.54, 1.807) is 9.80 Å². The third-order valence-electron chi connectivity index (χ3n) is 5.33. The summed E-state index contributed by atoms with van der Waals surface area (Å²) in [5.74, 6) is -0.146. The Labute approximate surface area is 158 Å². The van der Waals surface area contributed by atoms with Gasteiger partial charge in [-0.2, -0.15) is 0 Å². The molecule has 0 aliphatic carbocycles. The molecule has 2 amide bonds. The predicted octanol–water partition coefficient (Wildman–Crippen LogP) is 3.36. The Morgan fingerprint density at radius 2 is 1.81 bits per heavy atom. The third-order valence-corrected chi connectivity index (χ3v) is 5.33. The summed E-state index contributed by atoms with van der Waals surface area (Å²) in [6.07, 6.45) is 1.98. The number of fused-ring (bicyclic) bond motifs is 1. The van der Waals surface area contributed by atoms with Gasteiger partial charge in [0.05, 0.1) is 0 Å². The van der Waals surface area contributed by atoms with Crippen LogP contribution in [0.4, 0.5) is 5.69 Å². The van der Waals surface area contributed by atoms with Crippen molar-refractivity contribution in [3.05, 3.63) is 65.9 Å². The first-order valence-electron chi connectivity index (χ1n) is 9.17. The Balaban J connectivity index is 1.57. The van der Waals surface area contributed by atoms with Crippen molar-refractivity contribution in [1.82, 2.24) is 9.47 Å². The highest BCUT2D eigenvalue weighted by Crippen LogP contribution is 2.23. The van der Waals surface area contributed by atoms with Crippen LogP contribution < -0.4 is 4.90 Å². The minimum atomic E-state index is -0.0949. The molecule has 1 saturated heterocycles. The maximum absolute atomic E-state index is 13.1. The van der Waals surface area contributed by atoms with Crippen molar-refractivity contribution < 1.29 is 9.59 Å². The van der Waals surface area contributed by atoms with E-state index >= 15 is 0 Å². The lowest BCUT2D eigenvalue weighted by Gasteiger charge is -2.39. The molecule has 27 heavy (non-hydrogen) atoms. The first-order chi connectivity index (χ1) is 12.9. The lowest BCUT2D eigenvalue weighted by molar-refractivity contribution is -0.121. The molecule has 1 aliphatic rings. The first-order valence-corrected chi connectivity index (χ1v) is 9.17. The maximum atomic E-state index is 13.1. The molecular formula is C22H23N3O2. The molecule has 0 saturated carbocycles. The van der Waals surface area contributed by atoms with Gasteiger partial charge in [0.2, 0.25) is 5.91 Å². The van der Waals surface area contributed by atoms with Gasteiger partial charge in [0.15, 0.2) is 0 Å². The van der Waals surface area contributed by atoms with Crippen molar-refractivity contribution in [2.75, 3.05) is 18.0 Å².